The van der Waals surface area contributed by atoms with Gasteiger partial charge in [0.1, 0.15) is 0 Å². The molecular weight excluding hydrogens is 306 g/mol. The average Bonchev–Trinajstić information content (AvgIpc) is 3.13. The van der Waals surface area contributed by atoms with Crippen molar-refractivity contribution in [2.75, 3.05) is 6.54 Å². The van der Waals surface area contributed by atoms with Crippen LogP contribution in [0.1, 0.15) is 42.1 Å². The van der Waals surface area contributed by atoms with Gasteiger partial charge in [0.25, 0.3) is 0 Å². The second-order valence-corrected chi connectivity index (χ2v) is 6.64. The van der Waals surface area contributed by atoms with Crippen LogP contribution in [0.5, 0.6) is 0 Å². The summed E-state index contributed by atoms with van der Waals surface area (Å²) in [5.74, 6) is 0.401. The number of aliphatic hydroxyl groups is 1. The number of carbonyl (C=O) groups is 1. The van der Waals surface area contributed by atoms with Gasteiger partial charge in [-0.15, -0.1) is 11.3 Å². The Bertz CT molecular complexity index is 567. The Labute approximate surface area is 132 Å². The number of amides is 2. The molecule has 114 valence electrons. The van der Waals surface area contributed by atoms with Crippen LogP contribution in [0, 0.1) is 0 Å². The number of aromatic nitrogens is 1. The fraction of sp³-hybridized carbons (Fsp3) is 0.429. The third-order valence-electron chi connectivity index (χ3n) is 2.88. The lowest BCUT2D eigenvalue weighted by molar-refractivity contribution is 0.173. The van der Waals surface area contributed by atoms with Gasteiger partial charge in [-0.05, 0) is 22.4 Å². The molecular formula is C14H19N3O2S2. The summed E-state index contributed by atoms with van der Waals surface area (Å²) in [6.07, 6.45) is -0.672. The van der Waals surface area contributed by atoms with E-state index in [0.717, 1.165) is 16.3 Å². The van der Waals surface area contributed by atoms with E-state index in [4.69, 9.17) is 0 Å². The van der Waals surface area contributed by atoms with Gasteiger partial charge in [0, 0.05) is 17.8 Å². The van der Waals surface area contributed by atoms with E-state index >= 15 is 0 Å². The first kappa shape index (κ1) is 15.9. The minimum Gasteiger partial charge on any atom is -0.387 e. The number of nitrogens with one attached hydrogen (secondary N) is 2. The van der Waals surface area contributed by atoms with Crippen LogP contribution in [0.3, 0.4) is 0 Å². The summed E-state index contributed by atoms with van der Waals surface area (Å²) >= 11 is 3.12. The largest absolute Gasteiger partial charge is 0.387 e. The van der Waals surface area contributed by atoms with Crippen molar-refractivity contribution < 1.29 is 9.90 Å². The van der Waals surface area contributed by atoms with Crippen molar-refractivity contribution in [3.05, 3.63) is 38.5 Å². The normalized spacial score (nSPS) is 12.4. The maximum absolute atomic E-state index is 11.7. The second-order valence-electron chi connectivity index (χ2n) is 4.97. The summed E-state index contributed by atoms with van der Waals surface area (Å²) in [7, 11) is 0. The lowest BCUT2D eigenvalue weighted by atomic mass is 10.2. The summed E-state index contributed by atoms with van der Waals surface area (Å²) in [6, 6.07) is 1.54. The van der Waals surface area contributed by atoms with Gasteiger partial charge in [-0.1, -0.05) is 13.8 Å². The molecule has 21 heavy (non-hydrogen) atoms. The van der Waals surface area contributed by atoms with E-state index in [1.54, 1.807) is 11.3 Å². The maximum atomic E-state index is 11.7. The van der Waals surface area contributed by atoms with Gasteiger partial charge in [-0.2, -0.15) is 11.3 Å². The van der Waals surface area contributed by atoms with Crippen molar-refractivity contribution in [2.45, 2.75) is 32.4 Å². The Balaban J connectivity index is 1.72. The molecule has 0 saturated carbocycles. The van der Waals surface area contributed by atoms with E-state index in [0.29, 0.717) is 12.5 Å². The quantitative estimate of drug-likeness (QED) is 0.764. The number of aliphatic hydroxyl groups excluding tert-OH is 1. The van der Waals surface area contributed by atoms with Crippen molar-refractivity contribution in [2.24, 2.45) is 0 Å². The zero-order valence-electron chi connectivity index (χ0n) is 12.0. The van der Waals surface area contributed by atoms with Gasteiger partial charge in [0.15, 0.2) is 0 Å². The first-order chi connectivity index (χ1) is 10.1. The topological polar surface area (TPSA) is 74.2 Å². The molecule has 0 aliphatic rings. The van der Waals surface area contributed by atoms with E-state index in [9.17, 15) is 9.90 Å². The molecule has 1 unspecified atom stereocenters. The standard InChI is InChI=1S/C14H19N3O2S2/c1-9(2)13-17-11(8-21-13)5-15-14(19)16-6-12(18)10-3-4-20-7-10/h3-4,7-9,12,18H,5-6H2,1-2H3,(H2,15,16,19). The highest BCUT2D eigenvalue weighted by molar-refractivity contribution is 7.09. The molecule has 2 aromatic heterocycles. The lowest BCUT2D eigenvalue weighted by Crippen LogP contribution is -2.37. The fourth-order valence-electron chi connectivity index (χ4n) is 1.67. The number of thiophene rings is 1. The summed E-state index contributed by atoms with van der Waals surface area (Å²) in [6.45, 7) is 4.77. The third-order valence-corrected chi connectivity index (χ3v) is 4.77. The molecule has 0 radical (unpaired) electrons. The minimum atomic E-state index is -0.672. The summed E-state index contributed by atoms with van der Waals surface area (Å²) in [4.78, 5) is 16.1. The van der Waals surface area contributed by atoms with Gasteiger partial charge in [-0.3, -0.25) is 0 Å². The molecule has 0 aromatic carbocycles. The summed E-state index contributed by atoms with van der Waals surface area (Å²) < 4.78 is 0. The van der Waals surface area contributed by atoms with E-state index in [1.807, 2.05) is 22.2 Å². The highest BCUT2D eigenvalue weighted by Crippen LogP contribution is 2.19. The molecule has 1 atom stereocenters. The zero-order chi connectivity index (χ0) is 15.2. The fourth-order valence-corrected chi connectivity index (χ4v) is 3.22. The summed E-state index contributed by atoms with van der Waals surface area (Å²) in [5, 5.41) is 22.0. The van der Waals surface area contributed by atoms with Crippen LogP contribution in [0.15, 0.2) is 22.2 Å². The lowest BCUT2D eigenvalue weighted by Gasteiger charge is -2.11. The average molecular weight is 325 g/mol. The minimum absolute atomic E-state index is 0.191. The van der Waals surface area contributed by atoms with E-state index < -0.39 is 6.10 Å². The molecule has 2 rings (SSSR count). The van der Waals surface area contributed by atoms with Crippen LogP contribution in [0.2, 0.25) is 0 Å². The Morgan fingerprint density at radius 3 is 2.81 bits per heavy atom. The first-order valence-electron chi connectivity index (χ1n) is 6.72. The monoisotopic (exact) mass is 325 g/mol. The number of carbonyl (C=O) groups excluding carboxylic acids is 1. The molecule has 2 aromatic rings. The van der Waals surface area contributed by atoms with Crippen LogP contribution in [0.4, 0.5) is 4.79 Å². The van der Waals surface area contributed by atoms with Crippen molar-refractivity contribution in [3.8, 4) is 0 Å². The second kappa shape index (κ2) is 7.53. The van der Waals surface area contributed by atoms with Gasteiger partial charge in [0.05, 0.1) is 23.4 Å². The Kier molecular flexibility index (Phi) is 5.72. The van der Waals surface area contributed by atoms with E-state index in [2.05, 4.69) is 29.5 Å². The number of thiazole rings is 1. The molecule has 7 heteroatoms. The smallest absolute Gasteiger partial charge is 0.315 e. The van der Waals surface area contributed by atoms with Crippen molar-refractivity contribution in [1.82, 2.24) is 15.6 Å². The highest BCUT2D eigenvalue weighted by atomic mass is 32.1. The number of rotatable bonds is 6. The highest BCUT2D eigenvalue weighted by Gasteiger charge is 2.10. The Hall–Kier alpha value is -1.44. The maximum Gasteiger partial charge on any atom is 0.315 e. The molecule has 0 spiro atoms. The van der Waals surface area contributed by atoms with Gasteiger partial charge >= 0.3 is 6.03 Å². The molecule has 5 nitrogen and oxygen atoms in total. The molecule has 0 bridgehead atoms. The SMILES string of the molecule is CC(C)c1nc(CNC(=O)NCC(O)c2ccsc2)cs1. The predicted octanol–water partition coefficient (Wildman–Crippen LogP) is 2.86. The molecule has 2 amide bonds. The molecule has 0 fully saturated rings. The van der Waals surface area contributed by atoms with Crippen LogP contribution < -0.4 is 10.6 Å². The van der Waals surface area contributed by atoms with Crippen LogP contribution in [-0.2, 0) is 6.54 Å². The van der Waals surface area contributed by atoms with Crippen LogP contribution in [0.25, 0.3) is 0 Å². The third kappa shape index (κ3) is 4.80. The molecule has 0 aliphatic carbocycles. The number of nitrogens with zero attached hydrogens (tertiary/aromatic N) is 1. The van der Waals surface area contributed by atoms with E-state index in [-0.39, 0.29) is 12.6 Å². The number of urea groups is 1. The van der Waals surface area contributed by atoms with Gasteiger partial charge < -0.3 is 15.7 Å². The summed E-state index contributed by atoms with van der Waals surface area (Å²) in [5.41, 5.74) is 1.68. The van der Waals surface area contributed by atoms with Crippen LogP contribution >= 0.6 is 22.7 Å². The number of hydrogen-bond donors (Lipinski definition) is 3. The van der Waals surface area contributed by atoms with Crippen molar-refractivity contribution >= 4 is 28.7 Å². The van der Waals surface area contributed by atoms with Crippen molar-refractivity contribution in [1.29, 1.82) is 0 Å². The molecule has 2 heterocycles. The Morgan fingerprint density at radius 2 is 2.19 bits per heavy atom. The molecule has 0 aliphatic heterocycles. The van der Waals surface area contributed by atoms with Gasteiger partial charge in [0.2, 0.25) is 0 Å². The molecule has 0 saturated heterocycles. The zero-order valence-corrected chi connectivity index (χ0v) is 13.6. The molecule has 3 N–H and O–H groups in total. The van der Waals surface area contributed by atoms with Gasteiger partial charge in [-0.25, -0.2) is 9.78 Å². The Morgan fingerprint density at radius 1 is 1.38 bits per heavy atom. The predicted molar refractivity (Wildman–Crippen MR) is 85.7 cm³/mol. The van der Waals surface area contributed by atoms with Crippen molar-refractivity contribution in [3.63, 3.8) is 0 Å². The number of hydrogen-bond acceptors (Lipinski definition) is 5. The first-order valence-corrected chi connectivity index (χ1v) is 8.54. The van der Waals surface area contributed by atoms with E-state index in [1.165, 1.54) is 11.3 Å². The van der Waals surface area contributed by atoms with Crippen LogP contribution in [-0.4, -0.2) is 22.7 Å².